The molecule has 0 aromatic heterocycles. The molecule has 0 heterocycles. The number of rotatable bonds is 0. The maximum Gasteiger partial charge on any atom is 0.0131 e. The van der Waals surface area contributed by atoms with Crippen molar-refractivity contribution in [1.29, 1.82) is 0 Å². The Kier molecular flexibility index (Phi) is 2.22. The summed E-state index contributed by atoms with van der Waals surface area (Å²) in [5.74, 6) is 0. The fourth-order valence-electron chi connectivity index (χ4n) is 1.62. The van der Waals surface area contributed by atoms with Crippen LogP contribution in [-0.4, -0.2) is 0 Å². The van der Waals surface area contributed by atoms with E-state index in [0.29, 0.717) is 0 Å². The van der Waals surface area contributed by atoms with Gasteiger partial charge in [0.15, 0.2) is 0 Å². The van der Waals surface area contributed by atoms with Crippen molar-refractivity contribution in [3.63, 3.8) is 0 Å². The van der Waals surface area contributed by atoms with Gasteiger partial charge in [-0.1, -0.05) is 24.3 Å². The average Bonchev–Trinajstić information content (AvgIpc) is 1.82. The van der Waals surface area contributed by atoms with Gasteiger partial charge in [-0.05, 0) is 31.6 Å². The Morgan fingerprint density at radius 2 is 1.92 bits per heavy atom. The average molecular weight is 161 g/mol. The third kappa shape index (κ3) is 1.50. The smallest absolute Gasteiger partial charge is 0.0131 e. The van der Waals surface area contributed by atoms with Crippen LogP contribution in [0.2, 0.25) is 0 Å². The molecule has 0 amide bonds. The van der Waals surface area contributed by atoms with E-state index in [1.54, 1.807) is 0 Å². The van der Waals surface area contributed by atoms with E-state index in [4.69, 9.17) is 5.73 Å². The number of aryl methyl sites for hydroxylation is 2. The van der Waals surface area contributed by atoms with E-state index >= 15 is 0 Å². The first kappa shape index (κ1) is 8.85. The van der Waals surface area contributed by atoms with Crippen molar-refractivity contribution in [2.24, 2.45) is 5.73 Å². The van der Waals surface area contributed by atoms with Crippen molar-refractivity contribution < 1.29 is 0 Å². The summed E-state index contributed by atoms with van der Waals surface area (Å²) in [6.45, 7) is 10.0. The topological polar surface area (TPSA) is 26.0 Å². The van der Waals surface area contributed by atoms with Gasteiger partial charge in [-0.15, -0.1) is 0 Å². The molecule has 0 aliphatic heterocycles. The second kappa shape index (κ2) is 3.02. The summed E-state index contributed by atoms with van der Waals surface area (Å²) in [6.07, 6.45) is 0. The van der Waals surface area contributed by atoms with E-state index in [0.717, 1.165) is 16.1 Å². The molecule has 0 fully saturated rings. The van der Waals surface area contributed by atoms with Crippen molar-refractivity contribution in [1.82, 2.24) is 0 Å². The van der Waals surface area contributed by atoms with Gasteiger partial charge >= 0.3 is 0 Å². The van der Waals surface area contributed by atoms with Crippen LogP contribution >= 0.6 is 0 Å². The molecule has 1 heteroatoms. The molecular formula is C11H15N. The summed E-state index contributed by atoms with van der Waals surface area (Å²) < 4.78 is 0. The quantitative estimate of drug-likeness (QED) is 0.598. The van der Waals surface area contributed by atoms with Crippen molar-refractivity contribution in [3.8, 4) is 0 Å². The van der Waals surface area contributed by atoms with E-state index in [2.05, 4.69) is 32.6 Å². The molecule has 0 aliphatic rings. The van der Waals surface area contributed by atoms with Crippen molar-refractivity contribution >= 4 is 12.3 Å². The fourth-order valence-corrected chi connectivity index (χ4v) is 1.62. The molecule has 0 saturated carbocycles. The lowest BCUT2D eigenvalue weighted by atomic mass is 10.1. The normalized spacial score (nSPS) is 12.9. The Morgan fingerprint density at radius 3 is 2.33 bits per heavy atom. The molecule has 12 heavy (non-hydrogen) atoms. The van der Waals surface area contributed by atoms with Crippen molar-refractivity contribution in [2.45, 2.75) is 20.8 Å². The summed E-state index contributed by atoms with van der Waals surface area (Å²) in [7, 11) is 0. The van der Waals surface area contributed by atoms with Gasteiger partial charge in [-0.2, -0.15) is 0 Å². The van der Waals surface area contributed by atoms with Crippen molar-refractivity contribution in [3.05, 3.63) is 33.7 Å². The molecule has 1 nitrogen and oxygen atoms in total. The van der Waals surface area contributed by atoms with Gasteiger partial charge in [-0.3, -0.25) is 0 Å². The lowest BCUT2D eigenvalue weighted by molar-refractivity contribution is 1.28. The van der Waals surface area contributed by atoms with Crippen LogP contribution in [0.1, 0.15) is 18.1 Å². The number of hydrogen-bond acceptors (Lipinski definition) is 1. The van der Waals surface area contributed by atoms with Crippen LogP contribution in [0.3, 0.4) is 0 Å². The lowest BCUT2D eigenvalue weighted by Gasteiger charge is -2.00. The lowest BCUT2D eigenvalue weighted by Crippen LogP contribution is -2.30. The maximum absolute atomic E-state index is 5.74. The summed E-state index contributed by atoms with van der Waals surface area (Å²) in [5, 5.41) is 2.12. The van der Waals surface area contributed by atoms with Crippen LogP contribution < -0.4 is 16.2 Å². The highest BCUT2D eigenvalue weighted by atomic mass is 14.5. The first-order valence-electron chi connectivity index (χ1n) is 4.05. The third-order valence-corrected chi connectivity index (χ3v) is 1.96. The first-order chi connectivity index (χ1) is 5.52. The molecule has 64 valence electrons. The number of nitrogens with two attached hydrogens (primary N) is 1. The SMILES string of the molecule is C=c1cc(C)cc(C)/c1=C(/C)N. The summed E-state index contributed by atoms with van der Waals surface area (Å²) >= 11 is 0. The standard InChI is InChI=1S/C11H15N/c1-7-5-8(2)11(10(4)12)9(3)6-7/h5-6H,2,12H2,1,3-4H3/b11-10-. The van der Waals surface area contributed by atoms with Gasteiger partial charge in [0.05, 0.1) is 0 Å². The van der Waals surface area contributed by atoms with Crippen LogP contribution in [0.4, 0.5) is 0 Å². The van der Waals surface area contributed by atoms with Crippen molar-refractivity contribution in [2.75, 3.05) is 0 Å². The minimum absolute atomic E-state index is 0.845. The predicted octanol–water partition coefficient (Wildman–Crippen LogP) is 0.801. The van der Waals surface area contributed by atoms with Gasteiger partial charge in [0.25, 0.3) is 0 Å². The van der Waals surface area contributed by atoms with Crippen LogP contribution in [0, 0.1) is 13.8 Å². The molecular weight excluding hydrogens is 146 g/mol. The fraction of sp³-hybridized carbons (Fsp3) is 0.273. The molecule has 0 unspecified atom stereocenters. The Balaban J connectivity index is 3.74. The zero-order valence-corrected chi connectivity index (χ0v) is 7.94. The van der Waals surface area contributed by atoms with Crippen LogP contribution in [-0.2, 0) is 0 Å². The zero-order chi connectivity index (χ0) is 9.30. The second-order valence-corrected chi connectivity index (χ2v) is 3.30. The molecule has 1 rings (SSSR count). The van der Waals surface area contributed by atoms with E-state index in [1.165, 1.54) is 11.1 Å². The highest BCUT2D eigenvalue weighted by molar-refractivity contribution is 5.42. The predicted molar refractivity (Wildman–Crippen MR) is 54.0 cm³/mol. The number of benzene rings is 1. The van der Waals surface area contributed by atoms with Crippen LogP contribution in [0.5, 0.6) is 0 Å². The maximum atomic E-state index is 5.74. The van der Waals surface area contributed by atoms with Crippen LogP contribution in [0.15, 0.2) is 12.1 Å². The second-order valence-electron chi connectivity index (χ2n) is 3.30. The Hall–Kier alpha value is -1.24. The van der Waals surface area contributed by atoms with Crippen LogP contribution in [0.25, 0.3) is 12.3 Å². The van der Waals surface area contributed by atoms with Gasteiger partial charge in [-0.25, -0.2) is 0 Å². The van der Waals surface area contributed by atoms with Gasteiger partial charge in [0.2, 0.25) is 0 Å². The summed E-state index contributed by atoms with van der Waals surface area (Å²) in [4.78, 5) is 0. The molecule has 1 aromatic rings. The molecule has 0 atom stereocenters. The zero-order valence-electron chi connectivity index (χ0n) is 7.94. The molecule has 0 radical (unpaired) electrons. The molecule has 0 bridgehead atoms. The molecule has 1 aromatic carbocycles. The minimum Gasteiger partial charge on any atom is -0.402 e. The van der Waals surface area contributed by atoms with Gasteiger partial charge in [0, 0.05) is 10.9 Å². The van der Waals surface area contributed by atoms with E-state index in [1.807, 2.05) is 6.92 Å². The Morgan fingerprint density at radius 1 is 1.33 bits per heavy atom. The minimum atomic E-state index is 0.845. The molecule has 0 aliphatic carbocycles. The number of hydrogen-bond donors (Lipinski definition) is 1. The Labute approximate surface area is 73.2 Å². The summed E-state index contributed by atoms with van der Waals surface area (Å²) in [6, 6.07) is 4.18. The monoisotopic (exact) mass is 161 g/mol. The van der Waals surface area contributed by atoms with E-state index in [9.17, 15) is 0 Å². The largest absolute Gasteiger partial charge is 0.402 e. The highest BCUT2D eigenvalue weighted by Gasteiger charge is 1.93. The van der Waals surface area contributed by atoms with Gasteiger partial charge in [0.1, 0.15) is 0 Å². The van der Waals surface area contributed by atoms with Gasteiger partial charge < -0.3 is 5.73 Å². The first-order valence-corrected chi connectivity index (χ1v) is 4.05. The van der Waals surface area contributed by atoms with E-state index < -0.39 is 0 Å². The van der Waals surface area contributed by atoms with E-state index in [-0.39, 0.29) is 0 Å². The molecule has 0 spiro atoms. The molecule has 0 saturated heterocycles. The summed E-state index contributed by atoms with van der Waals surface area (Å²) in [5.41, 5.74) is 9.03. The molecule has 2 N–H and O–H groups in total. The Bertz CT molecular complexity index is 398. The highest BCUT2D eigenvalue weighted by Crippen LogP contribution is 1.93. The third-order valence-electron chi connectivity index (χ3n) is 1.96.